The Labute approximate surface area is 122 Å². The summed E-state index contributed by atoms with van der Waals surface area (Å²) in [5.41, 5.74) is 3.05. The van der Waals surface area contributed by atoms with Crippen LogP contribution < -0.4 is 0 Å². The molecule has 1 aliphatic carbocycles. The summed E-state index contributed by atoms with van der Waals surface area (Å²) in [5, 5.41) is 0. The van der Waals surface area contributed by atoms with Gasteiger partial charge in [0, 0.05) is 14.2 Å². The molecular weight excluding hydrogens is 252 g/mol. The van der Waals surface area contributed by atoms with E-state index in [-0.39, 0.29) is 11.2 Å². The largest absolute Gasteiger partial charge is 0.349 e. The molecule has 0 fully saturated rings. The van der Waals surface area contributed by atoms with E-state index in [1.807, 2.05) is 6.08 Å². The number of carbonyl (C=O) groups is 1. The third-order valence-corrected chi connectivity index (χ3v) is 3.84. The van der Waals surface area contributed by atoms with E-state index in [2.05, 4.69) is 26.8 Å². The van der Waals surface area contributed by atoms with E-state index >= 15 is 0 Å². The van der Waals surface area contributed by atoms with Gasteiger partial charge in [-0.05, 0) is 43.3 Å². The van der Waals surface area contributed by atoms with Gasteiger partial charge in [0.1, 0.15) is 0 Å². The molecule has 0 aliphatic heterocycles. The molecule has 0 amide bonds. The van der Waals surface area contributed by atoms with Crippen LogP contribution in [0.1, 0.15) is 40.0 Å². The van der Waals surface area contributed by atoms with Crippen LogP contribution in [0.5, 0.6) is 0 Å². The second-order valence-electron chi connectivity index (χ2n) is 5.86. The van der Waals surface area contributed by atoms with E-state index in [1.165, 1.54) is 50.7 Å². The van der Waals surface area contributed by atoms with E-state index in [1.54, 1.807) is 6.08 Å². The average molecular weight is 278 g/mol. The fraction of sp³-hybridized carbons (Fsp3) is 0.588. The normalized spacial score (nSPS) is 19.5. The minimum absolute atomic E-state index is 0.187. The number of ether oxygens (including phenoxy) is 2. The summed E-state index contributed by atoms with van der Waals surface area (Å²) in [5.74, 6) is -0.187. The van der Waals surface area contributed by atoms with Crippen LogP contribution in [0, 0.1) is 5.41 Å². The van der Waals surface area contributed by atoms with Crippen molar-refractivity contribution in [1.29, 1.82) is 0 Å². The van der Waals surface area contributed by atoms with Gasteiger partial charge in [0.2, 0.25) is 12.1 Å². The van der Waals surface area contributed by atoms with Gasteiger partial charge in [-0.3, -0.25) is 4.79 Å². The molecule has 3 heteroatoms. The highest BCUT2D eigenvalue weighted by atomic mass is 16.7. The lowest BCUT2D eigenvalue weighted by Crippen LogP contribution is -2.22. The zero-order valence-corrected chi connectivity index (χ0v) is 13.2. The molecule has 0 heterocycles. The van der Waals surface area contributed by atoms with Crippen molar-refractivity contribution in [2.45, 2.75) is 46.3 Å². The van der Waals surface area contributed by atoms with Crippen LogP contribution in [0.25, 0.3) is 0 Å². The molecule has 0 aromatic heterocycles. The second-order valence-corrected chi connectivity index (χ2v) is 5.86. The van der Waals surface area contributed by atoms with Crippen LogP contribution in [0.3, 0.4) is 0 Å². The van der Waals surface area contributed by atoms with Gasteiger partial charge in [-0.15, -0.1) is 0 Å². The van der Waals surface area contributed by atoms with E-state index in [4.69, 9.17) is 9.47 Å². The number of hydrogen-bond acceptors (Lipinski definition) is 3. The fourth-order valence-corrected chi connectivity index (χ4v) is 2.72. The van der Waals surface area contributed by atoms with Crippen molar-refractivity contribution in [2.75, 3.05) is 14.2 Å². The maximum Gasteiger partial charge on any atom is 0.221 e. The number of hydrogen-bond donors (Lipinski definition) is 0. The van der Waals surface area contributed by atoms with Crippen molar-refractivity contribution in [3.63, 3.8) is 0 Å². The highest BCUT2D eigenvalue weighted by Gasteiger charge is 2.26. The fourth-order valence-electron chi connectivity index (χ4n) is 2.72. The Bertz CT molecular complexity index is 424. The first-order valence-electron chi connectivity index (χ1n) is 7.07. The predicted octanol–water partition coefficient (Wildman–Crippen LogP) is 3.81. The van der Waals surface area contributed by atoms with Gasteiger partial charge >= 0.3 is 0 Å². The summed E-state index contributed by atoms with van der Waals surface area (Å²) < 4.78 is 9.80. The Kier molecular flexibility index (Phi) is 6.37. The smallest absolute Gasteiger partial charge is 0.221 e. The molecule has 0 atom stereocenters. The molecule has 112 valence electrons. The molecule has 0 unspecified atom stereocenters. The van der Waals surface area contributed by atoms with Crippen LogP contribution in [0.4, 0.5) is 0 Å². The van der Waals surface area contributed by atoms with Gasteiger partial charge < -0.3 is 9.47 Å². The van der Waals surface area contributed by atoms with E-state index < -0.39 is 6.29 Å². The summed E-state index contributed by atoms with van der Waals surface area (Å²) in [4.78, 5) is 11.7. The molecular formula is C17H26O3. The summed E-state index contributed by atoms with van der Waals surface area (Å²) in [7, 11) is 2.91. The summed E-state index contributed by atoms with van der Waals surface area (Å²) >= 11 is 0. The van der Waals surface area contributed by atoms with E-state index in [0.717, 1.165) is 0 Å². The SMILES string of the molecule is COC(OC)C(=O)/C=C/C=C/C1=C(C)CCCC1(C)C. The monoisotopic (exact) mass is 278 g/mol. The second kappa shape index (κ2) is 7.55. The first kappa shape index (κ1) is 16.9. The number of allylic oxidation sites excluding steroid dienone is 5. The maximum absolute atomic E-state index is 11.7. The summed E-state index contributed by atoms with van der Waals surface area (Å²) in [6.07, 6.45) is 10.1. The van der Waals surface area contributed by atoms with Crippen molar-refractivity contribution < 1.29 is 14.3 Å². The van der Waals surface area contributed by atoms with Crippen LogP contribution >= 0.6 is 0 Å². The Balaban J connectivity index is 2.71. The number of methoxy groups -OCH3 is 2. The Morgan fingerprint density at radius 3 is 2.45 bits per heavy atom. The number of ketones is 1. The zero-order chi connectivity index (χ0) is 15.2. The van der Waals surface area contributed by atoms with Crippen molar-refractivity contribution in [3.05, 3.63) is 35.5 Å². The molecule has 1 aliphatic rings. The minimum Gasteiger partial charge on any atom is -0.349 e. The van der Waals surface area contributed by atoms with E-state index in [0.29, 0.717) is 0 Å². The molecule has 0 bridgehead atoms. The third-order valence-electron chi connectivity index (χ3n) is 3.84. The summed E-state index contributed by atoms with van der Waals surface area (Å²) in [6.45, 7) is 6.74. The van der Waals surface area contributed by atoms with Crippen LogP contribution in [0.2, 0.25) is 0 Å². The van der Waals surface area contributed by atoms with Crippen molar-refractivity contribution >= 4 is 5.78 Å². The number of rotatable bonds is 6. The zero-order valence-electron chi connectivity index (χ0n) is 13.2. The quantitative estimate of drug-likeness (QED) is 0.421. The molecule has 0 aromatic carbocycles. The Morgan fingerprint density at radius 2 is 1.90 bits per heavy atom. The molecule has 0 spiro atoms. The Hall–Kier alpha value is -1.19. The van der Waals surface area contributed by atoms with Gasteiger partial charge in [-0.2, -0.15) is 0 Å². The molecule has 0 aromatic rings. The lowest BCUT2D eigenvalue weighted by Gasteiger charge is -2.32. The topological polar surface area (TPSA) is 35.5 Å². The van der Waals surface area contributed by atoms with Crippen LogP contribution in [-0.2, 0) is 14.3 Å². The van der Waals surface area contributed by atoms with Gasteiger partial charge in [-0.25, -0.2) is 0 Å². The molecule has 1 rings (SSSR count). The van der Waals surface area contributed by atoms with Gasteiger partial charge in [0.05, 0.1) is 0 Å². The third kappa shape index (κ3) is 4.43. The Morgan fingerprint density at radius 1 is 1.25 bits per heavy atom. The van der Waals surface area contributed by atoms with Crippen LogP contribution in [0.15, 0.2) is 35.5 Å². The van der Waals surface area contributed by atoms with Gasteiger partial charge in [0.15, 0.2) is 0 Å². The van der Waals surface area contributed by atoms with Crippen molar-refractivity contribution in [1.82, 2.24) is 0 Å². The van der Waals surface area contributed by atoms with Gasteiger partial charge in [0.25, 0.3) is 0 Å². The standard InChI is InChI=1S/C17H26O3/c1-13-9-8-12-17(2,3)14(13)10-6-7-11-15(18)16(19-4)20-5/h6-7,10-11,16H,8-9,12H2,1-5H3/b10-6+,11-7+. The lowest BCUT2D eigenvalue weighted by atomic mass is 9.73. The first-order chi connectivity index (χ1) is 9.42. The summed E-state index contributed by atoms with van der Waals surface area (Å²) in [6, 6.07) is 0. The average Bonchev–Trinajstić information content (AvgIpc) is 2.38. The predicted molar refractivity (Wildman–Crippen MR) is 81.4 cm³/mol. The van der Waals surface area contributed by atoms with Crippen LogP contribution in [-0.4, -0.2) is 26.3 Å². The maximum atomic E-state index is 11.7. The first-order valence-corrected chi connectivity index (χ1v) is 7.07. The molecule has 0 N–H and O–H groups in total. The van der Waals surface area contributed by atoms with E-state index in [9.17, 15) is 4.79 Å². The van der Waals surface area contributed by atoms with Crippen molar-refractivity contribution in [2.24, 2.45) is 5.41 Å². The molecule has 0 saturated heterocycles. The molecule has 0 saturated carbocycles. The van der Waals surface area contributed by atoms with Gasteiger partial charge in [-0.1, -0.05) is 37.6 Å². The molecule has 0 radical (unpaired) electrons. The number of carbonyl (C=O) groups excluding carboxylic acids is 1. The molecule has 20 heavy (non-hydrogen) atoms. The minimum atomic E-state index is -0.813. The highest BCUT2D eigenvalue weighted by molar-refractivity contribution is 5.92. The highest BCUT2D eigenvalue weighted by Crippen LogP contribution is 2.40. The van der Waals surface area contributed by atoms with Crippen molar-refractivity contribution in [3.8, 4) is 0 Å². The lowest BCUT2D eigenvalue weighted by molar-refractivity contribution is -0.151. The molecule has 3 nitrogen and oxygen atoms in total.